The molecule has 0 bridgehead atoms. The quantitative estimate of drug-likeness (QED) is 0.890. The highest BCUT2D eigenvalue weighted by atomic mass is 19.4. The van der Waals surface area contributed by atoms with Crippen molar-refractivity contribution in [1.82, 2.24) is 25.0 Å². The van der Waals surface area contributed by atoms with Crippen molar-refractivity contribution in [2.24, 2.45) is 5.92 Å². The third-order valence-electron chi connectivity index (χ3n) is 3.40. The van der Waals surface area contributed by atoms with Crippen LogP contribution in [0.3, 0.4) is 0 Å². The smallest absolute Gasteiger partial charge is 0.317 e. The Morgan fingerprint density at radius 3 is 2.70 bits per heavy atom. The van der Waals surface area contributed by atoms with E-state index >= 15 is 0 Å². The summed E-state index contributed by atoms with van der Waals surface area (Å²) in [6, 6.07) is 0. The highest BCUT2D eigenvalue weighted by Gasteiger charge is 2.39. The van der Waals surface area contributed by atoms with Crippen LogP contribution in [0.4, 0.5) is 13.2 Å². The van der Waals surface area contributed by atoms with Crippen molar-refractivity contribution in [2.75, 3.05) is 26.2 Å². The maximum atomic E-state index is 12.7. The third kappa shape index (κ3) is 3.49. The zero-order valence-corrected chi connectivity index (χ0v) is 11.7. The molecule has 1 atom stereocenters. The minimum atomic E-state index is -4.42. The van der Waals surface area contributed by atoms with Gasteiger partial charge in [0.2, 0.25) is 5.82 Å². The van der Waals surface area contributed by atoms with Crippen molar-refractivity contribution in [3.63, 3.8) is 0 Å². The lowest BCUT2D eigenvalue weighted by molar-refractivity contribution is -0.148. The van der Waals surface area contributed by atoms with Crippen molar-refractivity contribution in [2.45, 2.75) is 33.1 Å². The molecule has 1 unspecified atom stereocenters. The van der Waals surface area contributed by atoms with Crippen molar-refractivity contribution in [3.8, 4) is 0 Å². The molecule has 1 aromatic heterocycles. The lowest BCUT2D eigenvalue weighted by atomic mass is 10.1. The molecule has 0 saturated carbocycles. The Hall–Kier alpha value is -1.15. The zero-order chi connectivity index (χ0) is 14.8. The van der Waals surface area contributed by atoms with Crippen LogP contribution in [0, 0.1) is 5.92 Å². The molecule has 20 heavy (non-hydrogen) atoms. The Morgan fingerprint density at radius 1 is 1.30 bits per heavy atom. The summed E-state index contributed by atoms with van der Waals surface area (Å²) in [6.45, 7) is 8.19. The van der Waals surface area contributed by atoms with Crippen LogP contribution in [0.25, 0.3) is 0 Å². The van der Waals surface area contributed by atoms with Gasteiger partial charge in [-0.25, -0.2) is 0 Å². The van der Waals surface area contributed by atoms with Crippen LogP contribution in [-0.2, 0) is 19.3 Å². The molecule has 1 N–H and O–H groups in total. The van der Waals surface area contributed by atoms with Crippen LogP contribution >= 0.6 is 0 Å². The lowest BCUT2D eigenvalue weighted by Gasteiger charge is -2.30. The predicted molar refractivity (Wildman–Crippen MR) is 68.0 cm³/mol. The van der Waals surface area contributed by atoms with Gasteiger partial charge in [-0.3, -0.25) is 4.90 Å². The fourth-order valence-electron chi connectivity index (χ4n) is 2.47. The summed E-state index contributed by atoms with van der Waals surface area (Å²) in [7, 11) is 0. The van der Waals surface area contributed by atoms with Crippen molar-refractivity contribution >= 4 is 0 Å². The standard InChI is InChI=1S/C12H20F3N5/c1-3-16-6-9(2)7-19-4-5-20-10(8-19)17-18-11(20)12(13,14)15/h9,16H,3-8H2,1-2H3. The second-order valence-electron chi connectivity index (χ2n) is 5.24. The summed E-state index contributed by atoms with van der Waals surface area (Å²) in [5.41, 5.74) is 0. The molecule has 0 fully saturated rings. The summed E-state index contributed by atoms with van der Waals surface area (Å²) in [4.78, 5) is 2.13. The molecule has 114 valence electrons. The van der Waals surface area contributed by atoms with Gasteiger partial charge in [0.05, 0.1) is 6.54 Å². The van der Waals surface area contributed by atoms with Crippen LogP contribution in [0.2, 0.25) is 0 Å². The summed E-state index contributed by atoms with van der Waals surface area (Å²) in [5.74, 6) is -0.0291. The number of nitrogens with one attached hydrogen (secondary N) is 1. The number of fused-ring (bicyclic) bond motifs is 1. The maximum absolute atomic E-state index is 12.7. The van der Waals surface area contributed by atoms with E-state index in [0.29, 0.717) is 31.4 Å². The van der Waals surface area contributed by atoms with Gasteiger partial charge in [-0.2, -0.15) is 13.2 Å². The number of hydrogen-bond donors (Lipinski definition) is 1. The van der Waals surface area contributed by atoms with Crippen LogP contribution in [0.1, 0.15) is 25.5 Å². The number of halogens is 3. The molecule has 5 nitrogen and oxygen atoms in total. The molecule has 1 aliphatic rings. The summed E-state index contributed by atoms with van der Waals surface area (Å²) in [5, 5.41) is 10.2. The predicted octanol–water partition coefficient (Wildman–Crippen LogP) is 1.36. The van der Waals surface area contributed by atoms with Gasteiger partial charge in [-0.1, -0.05) is 13.8 Å². The van der Waals surface area contributed by atoms with Gasteiger partial charge >= 0.3 is 6.18 Å². The van der Waals surface area contributed by atoms with Crippen molar-refractivity contribution in [3.05, 3.63) is 11.6 Å². The van der Waals surface area contributed by atoms with E-state index in [4.69, 9.17) is 0 Å². The summed E-state index contributed by atoms with van der Waals surface area (Å²) < 4.78 is 39.3. The van der Waals surface area contributed by atoms with Gasteiger partial charge in [0.15, 0.2) is 0 Å². The van der Waals surface area contributed by atoms with Gasteiger partial charge in [0, 0.05) is 19.6 Å². The number of hydrogen-bond acceptors (Lipinski definition) is 4. The molecular formula is C12H20F3N5. The average molecular weight is 291 g/mol. The molecule has 0 spiro atoms. The summed E-state index contributed by atoms with van der Waals surface area (Å²) in [6.07, 6.45) is -4.42. The van der Waals surface area contributed by atoms with Crippen LogP contribution < -0.4 is 5.32 Å². The largest absolute Gasteiger partial charge is 0.451 e. The van der Waals surface area contributed by atoms with Gasteiger partial charge < -0.3 is 9.88 Å². The highest BCUT2D eigenvalue weighted by Crippen LogP contribution is 2.29. The van der Waals surface area contributed by atoms with Crippen molar-refractivity contribution < 1.29 is 13.2 Å². The molecule has 1 aromatic rings. The first-order chi connectivity index (χ1) is 9.41. The van der Waals surface area contributed by atoms with Gasteiger partial charge in [-0.05, 0) is 19.0 Å². The first kappa shape index (κ1) is 15.2. The van der Waals surface area contributed by atoms with Crippen molar-refractivity contribution in [1.29, 1.82) is 0 Å². The van der Waals surface area contributed by atoms with Crippen LogP contribution in [0.5, 0.6) is 0 Å². The molecule has 2 heterocycles. The monoisotopic (exact) mass is 291 g/mol. The van der Waals surface area contributed by atoms with E-state index in [9.17, 15) is 13.2 Å². The van der Waals surface area contributed by atoms with E-state index in [1.165, 1.54) is 4.57 Å². The topological polar surface area (TPSA) is 46.0 Å². The highest BCUT2D eigenvalue weighted by molar-refractivity contribution is 5.02. The SMILES string of the molecule is CCNCC(C)CN1CCn2c(nnc2C(F)(F)F)C1. The Labute approximate surface area is 116 Å². The van der Waals surface area contributed by atoms with Crippen LogP contribution in [-0.4, -0.2) is 45.8 Å². The Balaban J connectivity index is 1.97. The summed E-state index contributed by atoms with van der Waals surface area (Å²) >= 11 is 0. The number of alkyl halides is 3. The number of aromatic nitrogens is 3. The number of nitrogens with zero attached hydrogens (tertiary/aromatic N) is 4. The molecular weight excluding hydrogens is 271 g/mol. The average Bonchev–Trinajstić information content (AvgIpc) is 2.79. The van der Waals surface area contributed by atoms with Gasteiger partial charge in [0.1, 0.15) is 5.82 Å². The molecule has 8 heteroatoms. The number of rotatable bonds is 5. The third-order valence-corrected chi connectivity index (χ3v) is 3.40. The molecule has 0 aromatic carbocycles. The first-order valence-electron chi connectivity index (χ1n) is 6.84. The maximum Gasteiger partial charge on any atom is 0.451 e. The first-order valence-corrected chi connectivity index (χ1v) is 6.84. The molecule has 0 radical (unpaired) electrons. The molecule has 0 amide bonds. The van der Waals surface area contributed by atoms with Crippen LogP contribution in [0.15, 0.2) is 0 Å². The molecule has 0 saturated heterocycles. The lowest BCUT2D eigenvalue weighted by Crippen LogP contribution is -2.39. The minimum absolute atomic E-state index is 0.297. The van der Waals surface area contributed by atoms with E-state index in [0.717, 1.165) is 19.6 Å². The Morgan fingerprint density at radius 2 is 2.05 bits per heavy atom. The van der Waals surface area contributed by atoms with E-state index in [1.807, 2.05) is 0 Å². The van der Waals surface area contributed by atoms with E-state index in [1.54, 1.807) is 0 Å². The van der Waals surface area contributed by atoms with E-state index < -0.39 is 12.0 Å². The Kier molecular flexibility index (Phi) is 4.64. The molecule has 2 rings (SSSR count). The van der Waals surface area contributed by atoms with E-state index in [2.05, 4.69) is 34.3 Å². The van der Waals surface area contributed by atoms with E-state index in [-0.39, 0.29) is 0 Å². The Bertz CT molecular complexity index is 443. The zero-order valence-electron chi connectivity index (χ0n) is 11.7. The second kappa shape index (κ2) is 6.09. The van der Waals surface area contributed by atoms with Gasteiger partial charge in [-0.15, -0.1) is 10.2 Å². The fraction of sp³-hybridized carbons (Fsp3) is 0.833. The molecule has 1 aliphatic heterocycles. The van der Waals surface area contributed by atoms with Gasteiger partial charge in [0.25, 0.3) is 0 Å². The molecule has 0 aliphatic carbocycles. The second-order valence-corrected chi connectivity index (χ2v) is 5.24. The minimum Gasteiger partial charge on any atom is -0.317 e. The normalized spacial score (nSPS) is 18.1. The fourth-order valence-corrected chi connectivity index (χ4v) is 2.47.